The van der Waals surface area contributed by atoms with E-state index < -0.39 is 0 Å². The second-order valence-electron chi connectivity index (χ2n) is 4.52. The summed E-state index contributed by atoms with van der Waals surface area (Å²) >= 11 is 0. The summed E-state index contributed by atoms with van der Waals surface area (Å²) in [5.41, 5.74) is 8.58. The van der Waals surface area contributed by atoms with Crippen LogP contribution in [0.25, 0.3) is 17.1 Å². The highest BCUT2D eigenvalue weighted by atomic mass is 15.3. The normalized spacial score (nSPS) is 10.3. The zero-order chi connectivity index (χ0) is 14.8. The highest BCUT2D eigenvalue weighted by Gasteiger charge is 2.18. The Bertz CT molecular complexity index is 829. The summed E-state index contributed by atoms with van der Waals surface area (Å²) in [6, 6.07) is 13.3. The van der Waals surface area contributed by atoms with Gasteiger partial charge in [-0.05, 0) is 6.92 Å². The molecule has 0 saturated carbocycles. The van der Waals surface area contributed by atoms with Gasteiger partial charge in [0.25, 0.3) is 0 Å². The van der Waals surface area contributed by atoms with Gasteiger partial charge in [0.05, 0.1) is 0 Å². The van der Waals surface area contributed by atoms with Crippen LogP contribution < -0.4 is 5.73 Å². The van der Waals surface area contributed by atoms with Crippen LogP contribution >= 0.6 is 0 Å². The van der Waals surface area contributed by atoms with Crippen molar-refractivity contribution in [2.75, 3.05) is 5.73 Å². The number of anilines is 1. The van der Waals surface area contributed by atoms with Crippen LogP contribution in [0.3, 0.4) is 0 Å². The molecule has 0 fully saturated rings. The van der Waals surface area contributed by atoms with Crippen molar-refractivity contribution in [3.63, 3.8) is 0 Å². The van der Waals surface area contributed by atoms with Crippen LogP contribution in [0, 0.1) is 18.3 Å². The summed E-state index contributed by atoms with van der Waals surface area (Å²) in [7, 11) is 0. The quantitative estimate of drug-likeness (QED) is 0.773. The fraction of sp³-hybridized carbons (Fsp3) is 0.0667. The Labute approximate surface area is 121 Å². The van der Waals surface area contributed by atoms with E-state index in [0.717, 1.165) is 11.3 Å². The lowest BCUT2D eigenvalue weighted by Crippen LogP contribution is -2.05. The second-order valence-corrected chi connectivity index (χ2v) is 4.52. The summed E-state index contributed by atoms with van der Waals surface area (Å²) < 4.78 is 1.47. The number of aromatic nitrogens is 4. The number of nitrogen functional groups attached to an aromatic ring is 1. The van der Waals surface area contributed by atoms with Crippen molar-refractivity contribution in [1.29, 1.82) is 5.26 Å². The Morgan fingerprint density at radius 3 is 2.62 bits per heavy atom. The number of benzene rings is 1. The molecule has 2 aromatic heterocycles. The molecule has 0 atom stereocenters. The molecule has 102 valence electrons. The van der Waals surface area contributed by atoms with Crippen molar-refractivity contribution in [2.45, 2.75) is 6.92 Å². The van der Waals surface area contributed by atoms with Gasteiger partial charge >= 0.3 is 0 Å². The van der Waals surface area contributed by atoms with E-state index in [9.17, 15) is 5.26 Å². The molecule has 21 heavy (non-hydrogen) atoms. The van der Waals surface area contributed by atoms with E-state index in [1.807, 2.05) is 37.3 Å². The fourth-order valence-corrected chi connectivity index (χ4v) is 2.07. The Hall–Kier alpha value is -3.20. The topological polar surface area (TPSA) is 93.4 Å². The highest BCUT2D eigenvalue weighted by Crippen LogP contribution is 2.27. The third kappa shape index (κ3) is 2.21. The van der Waals surface area contributed by atoms with Gasteiger partial charge in [0.15, 0.2) is 5.82 Å². The molecule has 0 spiro atoms. The van der Waals surface area contributed by atoms with Crippen molar-refractivity contribution < 1.29 is 0 Å². The third-order valence-electron chi connectivity index (χ3n) is 3.09. The van der Waals surface area contributed by atoms with Gasteiger partial charge in [-0.1, -0.05) is 30.3 Å². The lowest BCUT2D eigenvalue weighted by Gasteiger charge is -2.02. The number of hydrogen-bond donors (Lipinski definition) is 1. The van der Waals surface area contributed by atoms with E-state index >= 15 is 0 Å². The van der Waals surface area contributed by atoms with Gasteiger partial charge in [0.2, 0.25) is 0 Å². The molecule has 0 amide bonds. The zero-order valence-electron chi connectivity index (χ0n) is 11.4. The minimum atomic E-state index is 0.273. The summed E-state index contributed by atoms with van der Waals surface area (Å²) in [5.74, 6) is 0.813. The van der Waals surface area contributed by atoms with Crippen molar-refractivity contribution in [3.8, 4) is 23.1 Å². The first kappa shape index (κ1) is 12.8. The molecule has 6 nitrogen and oxygen atoms in total. The standard InChI is InChI=1S/C15H12N6/c1-10-7-13(19-9-18-10)21-15(17)12(8-16)14(20-21)11-5-3-2-4-6-11/h2-7,9H,17H2,1H3. The third-order valence-corrected chi connectivity index (χ3v) is 3.09. The largest absolute Gasteiger partial charge is 0.382 e. The number of nitrogens with two attached hydrogens (primary N) is 1. The van der Waals surface area contributed by atoms with E-state index in [1.54, 1.807) is 6.07 Å². The van der Waals surface area contributed by atoms with Crippen LogP contribution in [0.5, 0.6) is 0 Å². The number of nitrogens with zero attached hydrogens (tertiary/aromatic N) is 5. The first-order chi connectivity index (χ1) is 10.2. The molecule has 1 aromatic carbocycles. The average Bonchev–Trinajstić information content (AvgIpc) is 2.85. The molecule has 6 heteroatoms. The van der Waals surface area contributed by atoms with Gasteiger partial charge in [-0.3, -0.25) is 0 Å². The fourth-order valence-electron chi connectivity index (χ4n) is 2.07. The maximum Gasteiger partial charge on any atom is 0.159 e. The first-order valence-electron chi connectivity index (χ1n) is 6.33. The minimum Gasteiger partial charge on any atom is -0.382 e. The van der Waals surface area contributed by atoms with E-state index in [4.69, 9.17) is 5.73 Å². The van der Waals surface area contributed by atoms with Gasteiger partial charge in [-0.2, -0.15) is 15.0 Å². The van der Waals surface area contributed by atoms with Crippen molar-refractivity contribution in [2.24, 2.45) is 0 Å². The predicted octanol–water partition coefficient (Wildman–Crippen LogP) is 2.09. The molecule has 0 saturated heterocycles. The number of rotatable bonds is 2. The predicted molar refractivity (Wildman–Crippen MR) is 78.5 cm³/mol. The lowest BCUT2D eigenvalue weighted by atomic mass is 10.1. The molecule has 2 heterocycles. The second kappa shape index (κ2) is 5.06. The van der Waals surface area contributed by atoms with E-state index in [-0.39, 0.29) is 5.82 Å². The van der Waals surface area contributed by atoms with Gasteiger partial charge < -0.3 is 5.73 Å². The smallest absolute Gasteiger partial charge is 0.159 e. The Morgan fingerprint density at radius 1 is 1.19 bits per heavy atom. The first-order valence-corrected chi connectivity index (χ1v) is 6.33. The van der Waals surface area contributed by atoms with Gasteiger partial charge in [0.1, 0.15) is 29.5 Å². The Kier molecular flexibility index (Phi) is 3.09. The lowest BCUT2D eigenvalue weighted by molar-refractivity contribution is 0.847. The Balaban J connectivity index is 2.21. The van der Waals surface area contributed by atoms with E-state index in [1.165, 1.54) is 11.0 Å². The number of aryl methyl sites for hydroxylation is 1. The molecule has 0 radical (unpaired) electrons. The van der Waals surface area contributed by atoms with Crippen molar-refractivity contribution >= 4 is 5.82 Å². The van der Waals surface area contributed by atoms with Gasteiger partial charge in [-0.25, -0.2) is 9.97 Å². The van der Waals surface area contributed by atoms with Crippen LogP contribution in [-0.4, -0.2) is 19.7 Å². The summed E-state index contributed by atoms with van der Waals surface area (Å²) in [4.78, 5) is 8.20. The van der Waals surface area contributed by atoms with E-state index in [2.05, 4.69) is 21.1 Å². The van der Waals surface area contributed by atoms with Crippen LogP contribution in [-0.2, 0) is 0 Å². The van der Waals surface area contributed by atoms with Gasteiger partial charge in [0, 0.05) is 17.3 Å². The van der Waals surface area contributed by atoms with Crippen LogP contribution in [0.2, 0.25) is 0 Å². The van der Waals surface area contributed by atoms with Crippen LogP contribution in [0.15, 0.2) is 42.7 Å². The van der Waals surface area contributed by atoms with Crippen LogP contribution in [0.4, 0.5) is 5.82 Å². The molecule has 0 bridgehead atoms. The molecule has 3 aromatic rings. The summed E-state index contributed by atoms with van der Waals surface area (Å²) in [6.07, 6.45) is 1.44. The Morgan fingerprint density at radius 2 is 1.95 bits per heavy atom. The summed E-state index contributed by atoms with van der Waals surface area (Å²) in [6.45, 7) is 1.86. The highest BCUT2D eigenvalue weighted by molar-refractivity contribution is 5.73. The minimum absolute atomic E-state index is 0.273. The SMILES string of the molecule is Cc1cc(-n2nc(-c3ccccc3)c(C#N)c2N)ncn1. The van der Waals surface area contributed by atoms with Crippen molar-refractivity contribution in [3.05, 3.63) is 54.0 Å². The molecular formula is C15H12N6. The van der Waals surface area contributed by atoms with E-state index in [0.29, 0.717) is 17.1 Å². The summed E-state index contributed by atoms with van der Waals surface area (Å²) in [5, 5.41) is 13.8. The molecule has 0 aliphatic rings. The zero-order valence-corrected chi connectivity index (χ0v) is 11.4. The molecule has 0 aliphatic heterocycles. The monoisotopic (exact) mass is 276 g/mol. The maximum atomic E-state index is 9.36. The molecular weight excluding hydrogens is 264 g/mol. The molecule has 3 rings (SSSR count). The molecule has 0 unspecified atom stereocenters. The molecule has 2 N–H and O–H groups in total. The van der Waals surface area contributed by atoms with Gasteiger partial charge in [-0.15, -0.1) is 0 Å². The average molecular weight is 276 g/mol. The molecule has 0 aliphatic carbocycles. The number of nitriles is 1. The maximum absolute atomic E-state index is 9.36. The number of hydrogen-bond acceptors (Lipinski definition) is 5. The van der Waals surface area contributed by atoms with Crippen molar-refractivity contribution in [1.82, 2.24) is 19.7 Å². The van der Waals surface area contributed by atoms with Crippen LogP contribution in [0.1, 0.15) is 11.3 Å².